The van der Waals surface area contributed by atoms with E-state index in [4.69, 9.17) is 16.3 Å². The van der Waals surface area contributed by atoms with E-state index in [1.165, 1.54) is 0 Å². The zero-order chi connectivity index (χ0) is 13.8. The maximum absolute atomic E-state index is 9.41. The average Bonchev–Trinajstić information content (AvgIpc) is 2.41. The molecule has 19 heavy (non-hydrogen) atoms. The van der Waals surface area contributed by atoms with E-state index in [1.807, 2.05) is 25.1 Å². The Balaban J connectivity index is 2.16. The minimum absolute atomic E-state index is 0.494. The number of halogens is 1. The van der Waals surface area contributed by atoms with Crippen molar-refractivity contribution in [1.29, 1.82) is 0 Å². The molecule has 0 spiro atoms. The van der Waals surface area contributed by atoms with Crippen LogP contribution in [-0.2, 0) is 6.42 Å². The molecule has 0 unspecified atom stereocenters. The molecule has 1 aromatic carbocycles. The summed E-state index contributed by atoms with van der Waals surface area (Å²) in [4.78, 5) is 4.16. The maximum Gasteiger partial charge on any atom is 0.219 e. The summed E-state index contributed by atoms with van der Waals surface area (Å²) in [5.41, 5.74) is 1.80. The Labute approximate surface area is 117 Å². The molecule has 1 atom stereocenters. The summed E-state index contributed by atoms with van der Waals surface area (Å²) < 4.78 is 5.66. The van der Waals surface area contributed by atoms with Crippen LogP contribution in [0.3, 0.4) is 0 Å². The molecule has 0 saturated carbocycles. The Morgan fingerprint density at radius 2 is 2.11 bits per heavy atom. The number of nitrogens with zero attached hydrogens (tertiary/aromatic N) is 1. The molecule has 0 saturated heterocycles. The number of pyridine rings is 1. The molecule has 0 aliphatic carbocycles. The number of aliphatic hydroxyl groups excluding tert-OH is 1. The molecule has 0 radical (unpaired) electrons. The van der Waals surface area contributed by atoms with Gasteiger partial charge in [0, 0.05) is 17.3 Å². The minimum atomic E-state index is -0.524. The summed E-state index contributed by atoms with van der Waals surface area (Å²) in [6, 6.07) is 9.07. The van der Waals surface area contributed by atoms with Crippen molar-refractivity contribution in [2.75, 3.05) is 0 Å². The SMILES string of the molecule is CCc1cc(Oc2ccc([C@@H](C)O)cn2)ccc1Cl. The van der Waals surface area contributed by atoms with Crippen LogP contribution in [0.1, 0.15) is 31.1 Å². The predicted molar refractivity (Wildman–Crippen MR) is 75.8 cm³/mol. The van der Waals surface area contributed by atoms with Gasteiger partial charge in [0.05, 0.1) is 6.10 Å². The number of ether oxygens (including phenoxy) is 1. The number of aromatic nitrogens is 1. The first-order valence-corrected chi connectivity index (χ1v) is 6.58. The monoisotopic (exact) mass is 277 g/mol. The molecule has 1 N–H and O–H groups in total. The number of aliphatic hydroxyl groups is 1. The molecule has 2 aromatic rings. The Morgan fingerprint density at radius 3 is 2.68 bits per heavy atom. The van der Waals surface area contributed by atoms with Crippen LogP contribution in [0.2, 0.25) is 5.02 Å². The van der Waals surface area contributed by atoms with Crippen molar-refractivity contribution in [1.82, 2.24) is 4.98 Å². The van der Waals surface area contributed by atoms with Crippen molar-refractivity contribution < 1.29 is 9.84 Å². The van der Waals surface area contributed by atoms with Gasteiger partial charge in [-0.2, -0.15) is 0 Å². The molecule has 0 amide bonds. The normalized spacial score (nSPS) is 12.2. The van der Waals surface area contributed by atoms with Gasteiger partial charge in [-0.05, 0) is 48.7 Å². The third kappa shape index (κ3) is 3.46. The highest BCUT2D eigenvalue weighted by molar-refractivity contribution is 6.31. The lowest BCUT2D eigenvalue weighted by Crippen LogP contribution is -1.94. The highest BCUT2D eigenvalue weighted by Gasteiger charge is 2.05. The number of hydrogen-bond donors (Lipinski definition) is 1. The van der Waals surface area contributed by atoms with E-state index >= 15 is 0 Å². The standard InChI is InChI=1S/C15H16ClNO2/c1-3-11-8-13(5-6-14(11)16)19-15-7-4-12(9-17-15)10(2)18/h4-10,18H,3H2,1-2H3/t10-/m1/s1. The molecule has 1 heterocycles. The van der Waals surface area contributed by atoms with Crippen molar-refractivity contribution in [3.05, 3.63) is 52.7 Å². The third-order valence-electron chi connectivity index (χ3n) is 2.86. The molecular weight excluding hydrogens is 262 g/mol. The lowest BCUT2D eigenvalue weighted by atomic mass is 10.1. The van der Waals surface area contributed by atoms with E-state index in [2.05, 4.69) is 4.98 Å². The average molecular weight is 278 g/mol. The van der Waals surface area contributed by atoms with Gasteiger partial charge in [-0.1, -0.05) is 18.5 Å². The van der Waals surface area contributed by atoms with Crippen LogP contribution in [0.15, 0.2) is 36.5 Å². The van der Waals surface area contributed by atoms with Gasteiger partial charge in [0.2, 0.25) is 5.88 Å². The Hall–Kier alpha value is -1.58. The minimum Gasteiger partial charge on any atom is -0.439 e. The first-order chi connectivity index (χ1) is 9.10. The summed E-state index contributed by atoms with van der Waals surface area (Å²) in [6.45, 7) is 3.74. The van der Waals surface area contributed by atoms with E-state index < -0.39 is 6.10 Å². The molecule has 0 bridgehead atoms. The fourth-order valence-electron chi connectivity index (χ4n) is 1.71. The first-order valence-electron chi connectivity index (χ1n) is 6.20. The van der Waals surface area contributed by atoms with Gasteiger partial charge in [0.25, 0.3) is 0 Å². The lowest BCUT2D eigenvalue weighted by Gasteiger charge is -2.09. The largest absolute Gasteiger partial charge is 0.439 e. The summed E-state index contributed by atoms with van der Waals surface area (Å²) in [5, 5.41) is 10.2. The van der Waals surface area contributed by atoms with Gasteiger partial charge < -0.3 is 9.84 Å². The van der Waals surface area contributed by atoms with Crippen LogP contribution in [0, 0.1) is 0 Å². The summed E-state index contributed by atoms with van der Waals surface area (Å²) in [6.07, 6.45) is 1.94. The van der Waals surface area contributed by atoms with Crippen LogP contribution in [0.4, 0.5) is 0 Å². The van der Waals surface area contributed by atoms with Gasteiger partial charge in [0.1, 0.15) is 5.75 Å². The van der Waals surface area contributed by atoms with Crippen molar-refractivity contribution in [3.8, 4) is 11.6 Å². The van der Waals surface area contributed by atoms with Crippen LogP contribution < -0.4 is 4.74 Å². The predicted octanol–water partition coefficient (Wildman–Crippen LogP) is 4.14. The van der Waals surface area contributed by atoms with Crippen LogP contribution in [0.25, 0.3) is 0 Å². The number of aryl methyl sites for hydroxylation is 1. The molecular formula is C15H16ClNO2. The highest BCUT2D eigenvalue weighted by atomic mass is 35.5. The van der Waals surface area contributed by atoms with Gasteiger partial charge in [-0.25, -0.2) is 4.98 Å². The van der Waals surface area contributed by atoms with E-state index in [0.717, 1.165) is 22.6 Å². The van der Waals surface area contributed by atoms with Crippen molar-refractivity contribution >= 4 is 11.6 Å². The smallest absolute Gasteiger partial charge is 0.219 e. The second-order valence-electron chi connectivity index (χ2n) is 4.31. The topological polar surface area (TPSA) is 42.4 Å². The van der Waals surface area contributed by atoms with Crippen molar-refractivity contribution in [2.45, 2.75) is 26.4 Å². The van der Waals surface area contributed by atoms with Crippen molar-refractivity contribution in [3.63, 3.8) is 0 Å². The van der Waals surface area contributed by atoms with E-state index in [9.17, 15) is 5.11 Å². The summed E-state index contributed by atoms with van der Waals surface area (Å²) in [5.74, 6) is 1.20. The number of rotatable bonds is 4. The second kappa shape index (κ2) is 6.04. The van der Waals surface area contributed by atoms with E-state index in [1.54, 1.807) is 25.3 Å². The molecule has 2 rings (SSSR count). The molecule has 0 aliphatic heterocycles. The quantitative estimate of drug-likeness (QED) is 0.913. The van der Waals surface area contributed by atoms with E-state index in [0.29, 0.717) is 11.6 Å². The fourth-order valence-corrected chi connectivity index (χ4v) is 1.96. The molecule has 4 heteroatoms. The van der Waals surface area contributed by atoms with Gasteiger partial charge in [-0.15, -0.1) is 0 Å². The maximum atomic E-state index is 9.41. The van der Waals surface area contributed by atoms with Gasteiger partial charge in [0.15, 0.2) is 0 Å². The molecule has 100 valence electrons. The van der Waals surface area contributed by atoms with Crippen LogP contribution >= 0.6 is 11.6 Å². The van der Waals surface area contributed by atoms with Gasteiger partial charge in [-0.3, -0.25) is 0 Å². The lowest BCUT2D eigenvalue weighted by molar-refractivity contribution is 0.198. The van der Waals surface area contributed by atoms with Crippen LogP contribution in [-0.4, -0.2) is 10.1 Å². The first kappa shape index (κ1) is 13.8. The Bertz CT molecular complexity index is 553. The molecule has 1 aromatic heterocycles. The fraction of sp³-hybridized carbons (Fsp3) is 0.267. The zero-order valence-corrected chi connectivity index (χ0v) is 11.7. The molecule has 0 fully saturated rings. The van der Waals surface area contributed by atoms with Gasteiger partial charge >= 0.3 is 0 Å². The third-order valence-corrected chi connectivity index (χ3v) is 3.23. The Kier molecular flexibility index (Phi) is 4.40. The Morgan fingerprint density at radius 1 is 1.32 bits per heavy atom. The summed E-state index contributed by atoms with van der Waals surface area (Å²) >= 11 is 6.06. The molecule has 0 aliphatic rings. The number of benzene rings is 1. The second-order valence-corrected chi connectivity index (χ2v) is 4.72. The van der Waals surface area contributed by atoms with E-state index in [-0.39, 0.29) is 0 Å². The van der Waals surface area contributed by atoms with Crippen molar-refractivity contribution in [2.24, 2.45) is 0 Å². The summed E-state index contributed by atoms with van der Waals surface area (Å²) in [7, 11) is 0. The highest BCUT2D eigenvalue weighted by Crippen LogP contribution is 2.26. The number of hydrogen-bond acceptors (Lipinski definition) is 3. The zero-order valence-electron chi connectivity index (χ0n) is 10.9. The van der Waals surface area contributed by atoms with Crippen LogP contribution in [0.5, 0.6) is 11.6 Å². The molecule has 3 nitrogen and oxygen atoms in total.